The topological polar surface area (TPSA) is 35.1 Å². The Hall–Kier alpha value is 0.130. The first kappa shape index (κ1) is 15.1. The fraction of sp³-hybridized carbons (Fsp3) is 1.00. The van der Waals surface area contributed by atoms with Gasteiger partial charge in [0, 0.05) is 17.8 Å². The van der Waals surface area contributed by atoms with Crippen molar-refractivity contribution in [2.75, 3.05) is 0 Å². The summed E-state index contributed by atoms with van der Waals surface area (Å²) in [6.07, 6.45) is -1.32. The van der Waals surface area contributed by atoms with Crippen LogP contribution < -0.4 is 4.72 Å². The summed E-state index contributed by atoms with van der Waals surface area (Å²) in [7, 11) is 0. The molecule has 0 fully saturated rings. The van der Waals surface area contributed by atoms with Gasteiger partial charge in [0.25, 0.3) is 0 Å². The first-order valence-corrected chi connectivity index (χ1v) is 6.38. The molecule has 0 aliphatic rings. The molecule has 0 spiro atoms. The zero-order valence-electron chi connectivity index (χ0n) is 9.85. The minimum Gasteiger partial charge on any atom is -0.598 e. The normalized spacial score (nSPS) is 16.8. The molecule has 92 valence electrons. The maximum Gasteiger partial charge on any atom is 0.238 e. The molecule has 0 radical (unpaired) electrons. The molecule has 2 nitrogen and oxygen atoms in total. The first-order valence-electron chi connectivity index (χ1n) is 5.23. The smallest absolute Gasteiger partial charge is 0.238 e. The van der Waals surface area contributed by atoms with Gasteiger partial charge in [-0.15, -0.1) is 4.72 Å². The average Bonchev–Trinajstić information content (AvgIpc) is 2.09. The highest BCUT2D eigenvalue weighted by Crippen LogP contribution is 2.16. The predicted molar refractivity (Wildman–Crippen MR) is 60.3 cm³/mol. The highest BCUT2D eigenvalue weighted by atomic mass is 32.2. The number of rotatable bonds is 6. The molecular weight excluding hydrogens is 220 g/mol. The summed E-state index contributed by atoms with van der Waals surface area (Å²) in [6, 6.07) is -0.0842. The van der Waals surface area contributed by atoms with Crippen molar-refractivity contribution in [1.29, 1.82) is 0 Å². The van der Waals surface area contributed by atoms with Crippen molar-refractivity contribution in [3.8, 4) is 0 Å². The van der Waals surface area contributed by atoms with Crippen LogP contribution in [-0.2, 0) is 11.4 Å². The van der Waals surface area contributed by atoms with Crippen LogP contribution in [0.15, 0.2) is 0 Å². The summed E-state index contributed by atoms with van der Waals surface area (Å²) in [5, 5.41) is 0. The average molecular weight is 241 g/mol. The van der Waals surface area contributed by atoms with Gasteiger partial charge in [0.15, 0.2) is 0 Å². The van der Waals surface area contributed by atoms with Gasteiger partial charge in [-0.1, -0.05) is 6.92 Å². The summed E-state index contributed by atoms with van der Waals surface area (Å²) >= 11 is -1.18. The van der Waals surface area contributed by atoms with Gasteiger partial charge in [-0.05, 0) is 33.6 Å². The largest absolute Gasteiger partial charge is 0.598 e. The Morgan fingerprint density at radius 1 is 1.27 bits per heavy atom. The van der Waals surface area contributed by atoms with Crippen molar-refractivity contribution in [3.63, 3.8) is 0 Å². The molecule has 2 atom stereocenters. The molecule has 0 saturated carbocycles. The Labute approximate surface area is 94.1 Å². The summed E-state index contributed by atoms with van der Waals surface area (Å²) < 4.78 is 38.2. The van der Waals surface area contributed by atoms with Crippen molar-refractivity contribution >= 4 is 11.4 Å². The fourth-order valence-electron chi connectivity index (χ4n) is 1.00. The maximum atomic E-state index is 12.0. The molecule has 5 heteroatoms. The minimum atomic E-state index is -2.27. The Morgan fingerprint density at radius 3 is 2.13 bits per heavy atom. The van der Waals surface area contributed by atoms with E-state index in [1.807, 2.05) is 27.7 Å². The zero-order valence-corrected chi connectivity index (χ0v) is 10.7. The molecule has 0 amide bonds. The van der Waals surface area contributed by atoms with Gasteiger partial charge in [0.05, 0.1) is 6.04 Å². The molecule has 0 aromatic rings. The molecule has 0 aliphatic carbocycles. The standard InChI is InChI=1S/C10H21F2NOS/c1-5-8(6-7-9(11)12)13-15(14)10(2,3)4/h8-9,13H,5-7H2,1-4H3/t8?,15-/m0/s1. The highest BCUT2D eigenvalue weighted by molar-refractivity contribution is 7.90. The van der Waals surface area contributed by atoms with E-state index in [2.05, 4.69) is 4.72 Å². The second-order valence-corrected chi connectivity index (χ2v) is 6.57. The lowest BCUT2D eigenvalue weighted by molar-refractivity contribution is 0.131. The van der Waals surface area contributed by atoms with Crippen molar-refractivity contribution < 1.29 is 13.3 Å². The Kier molecular flexibility index (Phi) is 6.71. The molecular formula is C10H21F2NOS. The molecule has 0 heterocycles. The lowest BCUT2D eigenvalue weighted by Gasteiger charge is -2.27. The van der Waals surface area contributed by atoms with Crippen LogP contribution in [0.4, 0.5) is 8.78 Å². The van der Waals surface area contributed by atoms with Gasteiger partial charge in [0.1, 0.15) is 4.75 Å². The van der Waals surface area contributed by atoms with Crippen LogP contribution in [0.2, 0.25) is 0 Å². The first-order chi connectivity index (χ1) is 6.77. The maximum absolute atomic E-state index is 12.0. The number of hydrogen-bond acceptors (Lipinski definition) is 2. The zero-order chi connectivity index (χ0) is 12.1. The predicted octanol–water partition coefficient (Wildman–Crippen LogP) is 2.86. The number of hydrogen-bond donors (Lipinski definition) is 1. The monoisotopic (exact) mass is 241 g/mol. The highest BCUT2D eigenvalue weighted by Gasteiger charge is 2.28. The summed E-state index contributed by atoms with van der Waals surface area (Å²) in [6.45, 7) is 7.48. The van der Waals surface area contributed by atoms with Gasteiger partial charge in [-0.3, -0.25) is 0 Å². The van der Waals surface area contributed by atoms with Gasteiger partial charge in [-0.25, -0.2) is 8.78 Å². The molecule has 0 rings (SSSR count). The summed E-state index contributed by atoms with van der Waals surface area (Å²) in [5.74, 6) is 0. The van der Waals surface area contributed by atoms with Crippen LogP contribution in [0.25, 0.3) is 0 Å². The molecule has 0 aromatic carbocycles. The molecule has 0 saturated heterocycles. The van der Waals surface area contributed by atoms with E-state index in [0.717, 1.165) is 0 Å². The number of halogens is 2. The van der Waals surface area contributed by atoms with Crippen molar-refractivity contribution in [3.05, 3.63) is 0 Å². The minimum absolute atomic E-state index is 0.0842. The van der Waals surface area contributed by atoms with Crippen LogP contribution in [0.3, 0.4) is 0 Å². The van der Waals surface area contributed by atoms with Crippen LogP contribution in [-0.4, -0.2) is 21.8 Å². The molecule has 1 N–H and O–H groups in total. The number of alkyl halides is 2. The third-order valence-electron chi connectivity index (χ3n) is 2.06. The van der Waals surface area contributed by atoms with Gasteiger partial charge >= 0.3 is 0 Å². The van der Waals surface area contributed by atoms with Gasteiger partial charge in [0.2, 0.25) is 6.43 Å². The van der Waals surface area contributed by atoms with Gasteiger partial charge in [-0.2, -0.15) is 0 Å². The summed E-state index contributed by atoms with van der Waals surface area (Å²) in [5.41, 5.74) is 0. The van der Waals surface area contributed by atoms with Crippen molar-refractivity contribution in [2.24, 2.45) is 0 Å². The van der Waals surface area contributed by atoms with Crippen molar-refractivity contribution in [2.45, 2.75) is 64.2 Å². The van der Waals surface area contributed by atoms with E-state index in [1.54, 1.807) is 0 Å². The van der Waals surface area contributed by atoms with Crippen LogP contribution in [0.5, 0.6) is 0 Å². The lowest BCUT2D eigenvalue weighted by atomic mass is 10.1. The second kappa shape index (κ2) is 6.66. The van der Waals surface area contributed by atoms with E-state index in [1.165, 1.54) is 0 Å². The Bertz CT molecular complexity index is 173. The van der Waals surface area contributed by atoms with Crippen molar-refractivity contribution in [1.82, 2.24) is 4.72 Å². The second-order valence-electron chi connectivity index (χ2n) is 4.57. The van der Waals surface area contributed by atoms with E-state index in [4.69, 9.17) is 0 Å². The lowest BCUT2D eigenvalue weighted by Crippen LogP contribution is -2.44. The van der Waals surface area contributed by atoms with E-state index >= 15 is 0 Å². The number of nitrogens with one attached hydrogen (secondary N) is 1. The molecule has 0 aliphatic heterocycles. The van der Waals surface area contributed by atoms with Crippen LogP contribution in [0, 0.1) is 0 Å². The SMILES string of the molecule is CCC(CCC(F)F)N[S@@+]([O-])C(C)(C)C. The third-order valence-corrected chi connectivity index (χ3v) is 3.72. The van der Waals surface area contributed by atoms with E-state index in [0.29, 0.717) is 12.8 Å². The Balaban J connectivity index is 3.99. The fourth-order valence-corrected chi connectivity index (χ4v) is 1.94. The Morgan fingerprint density at radius 2 is 1.80 bits per heavy atom. The quantitative estimate of drug-likeness (QED) is 0.726. The van der Waals surface area contributed by atoms with Crippen LogP contribution >= 0.6 is 0 Å². The third kappa shape index (κ3) is 7.09. The molecule has 0 aromatic heterocycles. The summed E-state index contributed by atoms with van der Waals surface area (Å²) in [4.78, 5) is 0. The molecule has 15 heavy (non-hydrogen) atoms. The molecule has 0 bridgehead atoms. The van der Waals surface area contributed by atoms with Gasteiger partial charge < -0.3 is 4.55 Å². The van der Waals surface area contributed by atoms with E-state index in [9.17, 15) is 13.3 Å². The van der Waals surface area contributed by atoms with E-state index < -0.39 is 17.8 Å². The molecule has 1 unspecified atom stereocenters. The van der Waals surface area contributed by atoms with Crippen LogP contribution in [0.1, 0.15) is 47.0 Å². The van der Waals surface area contributed by atoms with E-state index in [-0.39, 0.29) is 17.2 Å².